The first-order valence-electron chi connectivity index (χ1n) is 6.77. The third kappa shape index (κ3) is 3.36. The molecular formula is C16H14F3NO. The molecule has 2 aromatic rings. The number of benzene rings is 2. The molecule has 110 valence electrons. The molecule has 0 aliphatic heterocycles. The minimum atomic E-state index is -1.13. The Balaban J connectivity index is 1.74. The van der Waals surface area contributed by atoms with Gasteiger partial charge in [0, 0.05) is 12.6 Å². The van der Waals surface area contributed by atoms with E-state index in [-0.39, 0.29) is 11.5 Å². The Morgan fingerprint density at radius 2 is 1.81 bits per heavy atom. The van der Waals surface area contributed by atoms with Crippen LogP contribution in [0.4, 0.5) is 13.2 Å². The largest absolute Gasteiger partial charge is 0.451 e. The predicted molar refractivity (Wildman–Crippen MR) is 72.7 cm³/mol. The van der Waals surface area contributed by atoms with Crippen LogP contribution in [0.15, 0.2) is 36.4 Å². The molecule has 2 nitrogen and oxygen atoms in total. The van der Waals surface area contributed by atoms with E-state index in [0.717, 1.165) is 24.5 Å². The first-order valence-corrected chi connectivity index (χ1v) is 6.77. The summed E-state index contributed by atoms with van der Waals surface area (Å²) in [6, 6.07) is 8.52. The van der Waals surface area contributed by atoms with Crippen LogP contribution in [0.25, 0.3) is 0 Å². The maximum atomic E-state index is 13.9. The minimum absolute atomic E-state index is 0.130. The highest BCUT2D eigenvalue weighted by Crippen LogP contribution is 2.28. The summed E-state index contributed by atoms with van der Waals surface area (Å²) in [4.78, 5) is 0. The molecule has 5 heteroatoms. The van der Waals surface area contributed by atoms with Crippen LogP contribution in [0.3, 0.4) is 0 Å². The van der Waals surface area contributed by atoms with E-state index >= 15 is 0 Å². The highest BCUT2D eigenvalue weighted by atomic mass is 19.2. The maximum Gasteiger partial charge on any atom is 0.201 e. The maximum absolute atomic E-state index is 13.9. The van der Waals surface area contributed by atoms with E-state index in [2.05, 4.69) is 5.32 Å². The van der Waals surface area contributed by atoms with E-state index in [0.29, 0.717) is 12.6 Å². The molecule has 21 heavy (non-hydrogen) atoms. The fraction of sp³-hybridized carbons (Fsp3) is 0.250. The Labute approximate surface area is 120 Å². The van der Waals surface area contributed by atoms with Crippen molar-refractivity contribution in [3.05, 3.63) is 59.4 Å². The summed E-state index contributed by atoms with van der Waals surface area (Å²) >= 11 is 0. The van der Waals surface area contributed by atoms with Gasteiger partial charge < -0.3 is 10.1 Å². The summed E-state index contributed by atoms with van der Waals surface area (Å²) in [5.74, 6) is -3.23. The Kier molecular flexibility index (Phi) is 3.84. The topological polar surface area (TPSA) is 21.3 Å². The number of ether oxygens (including phenoxy) is 1. The monoisotopic (exact) mass is 293 g/mol. The summed E-state index contributed by atoms with van der Waals surface area (Å²) in [5, 5.41) is 3.27. The standard InChI is InChI=1S/C16H14F3NO/c17-12-2-1-3-15(16(12)19)21-14-7-4-10(8-13(14)18)9-20-11-5-6-11/h1-4,7-8,11,20H,5-6,9H2. The fourth-order valence-corrected chi connectivity index (χ4v) is 1.97. The van der Waals surface area contributed by atoms with Gasteiger partial charge in [-0.15, -0.1) is 0 Å². The lowest BCUT2D eigenvalue weighted by Crippen LogP contribution is -2.15. The van der Waals surface area contributed by atoms with Crippen LogP contribution in [0.2, 0.25) is 0 Å². The van der Waals surface area contributed by atoms with Crippen molar-refractivity contribution < 1.29 is 17.9 Å². The van der Waals surface area contributed by atoms with Gasteiger partial charge in [0.2, 0.25) is 5.82 Å². The molecule has 0 spiro atoms. The Hall–Kier alpha value is -2.01. The molecule has 0 radical (unpaired) electrons. The molecule has 0 aromatic heterocycles. The molecule has 1 saturated carbocycles. The van der Waals surface area contributed by atoms with Crippen molar-refractivity contribution in [2.45, 2.75) is 25.4 Å². The van der Waals surface area contributed by atoms with Gasteiger partial charge in [0.05, 0.1) is 0 Å². The van der Waals surface area contributed by atoms with Gasteiger partial charge in [0.25, 0.3) is 0 Å². The third-order valence-corrected chi connectivity index (χ3v) is 3.30. The van der Waals surface area contributed by atoms with Crippen LogP contribution in [-0.2, 0) is 6.54 Å². The van der Waals surface area contributed by atoms with Gasteiger partial charge in [-0.2, -0.15) is 4.39 Å². The number of hydrogen-bond donors (Lipinski definition) is 1. The lowest BCUT2D eigenvalue weighted by Gasteiger charge is -2.10. The van der Waals surface area contributed by atoms with Gasteiger partial charge in [-0.1, -0.05) is 12.1 Å². The first kappa shape index (κ1) is 13.9. The molecule has 1 fully saturated rings. The summed E-state index contributed by atoms with van der Waals surface area (Å²) in [5.41, 5.74) is 0.784. The molecule has 0 heterocycles. The van der Waals surface area contributed by atoms with Crippen molar-refractivity contribution in [1.29, 1.82) is 0 Å². The fourth-order valence-electron chi connectivity index (χ4n) is 1.97. The SMILES string of the molecule is Fc1cc(CNC2CC2)ccc1Oc1cccc(F)c1F. The Morgan fingerprint density at radius 1 is 1.00 bits per heavy atom. The second-order valence-corrected chi connectivity index (χ2v) is 5.07. The Morgan fingerprint density at radius 3 is 2.52 bits per heavy atom. The van der Waals surface area contributed by atoms with E-state index < -0.39 is 17.5 Å². The lowest BCUT2D eigenvalue weighted by molar-refractivity contribution is 0.396. The van der Waals surface area contributed by atoms with Gasteiger partial charge in [-0.25, -0.2) is 8.78 Å². The molecule has 0 saturated heterocycles. The smallest absolute Gasteiger partial charge is 0.201 e. The van der Waals surface area contributed by atoms with E-state index in [4.69, 9.17) is 4.74 Å². The molecule has 3 rings (SSSR count). The molecule has 0 unspecified atom stereocenters. The van der Waals surface area contributed by atoms with Crippen molar-refractivity contribution in [3.8, 4) is 11.5 Å². The molecule has 0 atom stereocenters. The van der Waals surface area contributed by atoms with Crippen molar-refractivity contribution in [2.75, 3.05) is 0 Å². The predicted octanol–water partition coefficient (Wildman–Crippen LogP) is 4.15. The molecular weight excluding hydrogens is 279 g/mol. The van der Waals surface area contributed by atoms with E-state index in [1.807, 2.05) is 0 Å². The van der Waals surface area contributed by atoms with Gasteiger partial charge in [-0.3, -0.25) is 0 Å². The average molecular weight is 293 g/mol. The number of nitrogens with one attached hydrogen (secondary N) is 1. The van der Waals surface area contributed by atoms with Crippen molar-refractivity contribution in [3.63, 3.8) is 0 Å². The quantitative estimate of drug-likeness (QED) is 0.894. The van der Waals surface area contributed by atoms with Crippen LogP contribution < -0.4 is 10.1 Å². The van der Waals surface area contributed by atoms with Gasteiger partial charge in [0.15, 0.2) is 23.1 Å². The third-order valence-electron chi connectivity index (χ3n) is 3.30. The molecule has 0 bridgehead atoms. The highest BCUT2D eigenvalue weighted by Gasteiger charge is 2.20. The molecule has 1 aliphatic carbocycles. The van der Waals surface area contributed by atoms with Crippen molar-refractivity contribution in [1.82, 2.24) is 5.32 Å². The second kappa shape index (κ2) is 5.77. The van der Waals surface area contributed by atoms with Crippen molar-refractivity contribution in [2.24, 2.45) is 0 Å². The molecule has 1 aliphatic rings. The normalized spacial score (nSPS) is 14.2. The van der Waals surface area contributed by atoms with Crippen LogP contribution in [-0.4, -0.2) is 6.04 Å². The molecule has 1 N–H and O–H groups in total. The second-order valence-electron chi connectivity index (χ2n) is 5.07. The van der Waals surface area contributed by atoms with Crippen LogP contribution >= 0.6 is 0 Å². The summed E-state index contributed by atoms with van der Waals surface area (Å²) in [6.45, 7) is 0.580. The first-order chi connectivity index (χ1) is 10.1. The van der Waals surface area contributed by atoms with Gasteiger partial charge in [-0.05, 0) is 42.7 Å². The summed E-state index contributed by atoms with van der Waals surface area (Å²) in [7, 11) is 0. The van der Waals surface area contributed by atoms with Crippen LogP contribution in [0.1, 0.15) is 18.4 Å². The van der Waals surface area contributed by atoms with E-state index in [1.54, 1.807) is 6.07 Å². The summed E-state index contributed by atoms with van der Waals surface area (Å²) < 4.78 is 45.6. The van der Waals surface area contributed by atoms with E-state index in [1.165, 1.54) is 24.3 Å². The lowest BCUT2D eigenvalue weighted by atomic mass is 10.2. The minimum Gasteiger partial charge on any atom is -0.451 e. The highest BCUT2D eigenvalue weighted by molar-refractivity contribution is 5.35. The van der Waals surface area contributed by atoms with Crippen molar-refractivity contribution >= 4 is 0 Å². The van der Waals surface area contributed by atoms with Gasteiger partial charge >= 0.3 is 0 Å². The zero-order valence-corrected chi connectivity index (χ0v) is 11.2. The molecule has 0 amide bonds. The van der Waals surface area contributed by atoms with E-state index in [9.17, 15) is 13.2 Å². The van der Waals surface area contributed by atoms with Crippen LogP contribution in [0, 0.1) is 17.5 Å². The van der Waals surface area contributed by atoms with Gasteiger partial charge in [0.1, 0.15) is 0 Å². The number of hydrogen-bond acceptors (Lipinski definition) is 2. The number of halogens is 3. The number of rotatable bonds is 5. The Bertz CT molecular complexity index is 656. The summed E-state index contributed by atoms with van der Waals surface area (Å²) in [6.07, 6.45) is 2.31. The zero-order chi connectivity index (χ0) is 14.8. The molecule has 2 aromatic carbocycles. The van der Waals surface area contributed by atoms with Crippen LogP contribution in [0.5, 0.6) is 11.5 Å². The average Bonchev–Trinajstić information content (AvgIpc) is 3.28. The zero-order valence-electron chi connectivity index (χ0n) is 11.2.